The molecular weight excluding hydrogens is 180 g/mol. The summed E-state index contributed by atoms with van der Waals surface area (Å²) in [5.74, 6) is 1.11. The summed E-state index contributed by atoms with van der Waals surface area (Å²) in [5, 5.41) is 0.771. The highest BCUT2D eigenvalue weighted by atomic mass is 32.2. The fourth-order valence-corrected chi connectivity index (χ4v) is 2.83. The number of hydrogen-bond acceptors (Lipinski definition) is 2. The van der Waals surface area contributed by atoms with E-state index < -0.39 is 0 Å². The summed E-state index contributed by atoms with van der Waals surface area (Å²) in [6.45, 7) is 3.61. The van der Waals surface area contributed by atoms with Gasteiger partial charge in [0.05, 0.1) is 5.75 Å². The average Bonchev–Trinajstić information content (AvgIpc) is 2.64. The second-order valence-corrected chi connectivity index (χ2v) is 4.87. The van der Waals surface area contributed by atoms with Gasteiger partial charge in [0.1, 0.15) is 5.78 Å². The Morgan fingerprint density at radius 1 is 1.46 bits per heavy atom. The summed E-state index contributed by atoms with van der Waals surface area (Å²) in [6.07, 6.45) is 8.70. The minimum absolute atomic E-state index is 0.386. The standard InChI is InChI=1S/C11H18OS/c1-2-3-6-10(12)9-13-11-7-4-5-8-11/h2,11H,1,3-9H2. The van der Waals surface area contributed by atoms with Gasteiger partial charge in [0, 0.05) is 11.7 Å². The summed E-state index contributed by atoms with van der Waals surface area (Å²) in [5.41, 5.74) is 0. The summed E-state index contributed by atoms with van der Waals surface area (Å²) in [6, 6.07) is 0. The molecule has 0 bridgehead atoms. The first kappa shape index (κ1) is 10.8. The normalized spacial score (nSPS) is 17.5. The lowest BCUT2D eigenvalue weighted by Gasteiger charge is -2.06. The van der Waals surface area contributed by atoms with Gasteiger partial charge in [-0.1, -0.05) is 18.9 Å². The van der Waals surface area contributed by atoms with E-state index in [1.165, 1.54) is 25.7 Å². The molecule has 0 radical (unpaired) electrons. The fraction of sp³-hybridized carbons (Fsp3) is 0.727. The Balaban J connectivity index is 2.03. The summed E-state index contributed by atoms with van der Waals surface area (Å²) < 4.78 is 0. The second-order valence-electron chi connectivity index (χ2n) is 3.58. The van der Waals surface area contributed by atoms with E-state index in [1.807, 2.05) is 17.8 Å². The van der Waals surface area contributed by atoms with E-state index in [0.29, 0.717) is 12.2 Å². The van der Waals surface area contributed by atoms with Crippen LogP contribution in [0.2, 0.25) is 0 Å². The molecule has 0 spiro atoms. The van der Waals surface area contributed by atoms with Crippen LogP contribution in [0.5, 0.6) is 0 Å². The highest BCUT2D eigenvalue weighted by molar-refractivity contribution is 8.00. The van der Waals surface area contributed by atoms with Crippen LogP contribution in [0, 0.1) is 0 Å². The van der Waals surface area contributed by atoms with Crippen LogP contribution < -0.4 is 0 Å². The highest BCUT2D eigenvalue weighted by Gasteiger charge is 2.16. The maximum absolute atomic E-state index is 11.3. The molecule has 1 rings (SSSR count). The van der Waals surface area contributed by atoms with Crippen molar-refractivity contribution in [1.82, 2.24) is 0 Å². The largest absolute Gasteiger partial charge is 0.299 e. The molecule has 1 aliphatic carbocycles. The smallest absolute Gasteiger partial charge is 0.143 e. The van der Waals surface area contributed by atoms with Crippen LogP contribution in [0.15, 0.2) is 12.7 Å². The van der Waals surface area contributed by atoms with E-state index in [-0.39, 0.29) is 0 Å². The van der Waals surface area contributed by atoms with E-state index in [9.17, 15) is 4.79 Å². The molecule has 74 valence electrons. The molecule has 1 nitrogen and oxygen atoms in total. The summed E-state index contributed by atoms with van der Waals surface area (Å²) >= 11 is 1.86. The third-order valence-corrected chi connectivity index (χ3v) is 3.84. The number of rotatable bonds is 6. The Morgan fingerprint density at radius 2 is 2.15 bits per heavy atom. The molecule has 13 heavy (non-hydrogen) atoms. The molecule has 0 aromatic carbocycles. The molecule has 0 aliphatic heterocycles. The lowest BCUT2D eigenvalue weighted by Crippen LogP contribution is -2.05. The van der Waals surface area contributed by atoms with Crippen LogP contribution in [-0.2, 0) is 4.79 Å². The molecular formula is C11H18OS. The van der Waals surface area contributed by atoms with Crippen molar-refractivity contribution in [2.75, 3.05) is 5.75 Å². The molecule has 0 saturated heterocycles. The number of carbonyl (C=O) groups excluding carboxylic acids is 1. The van der Waals surface area contributed by atoms with Crippen LogP contribution in [-0.4, -0.2) is 16.8 Å². The number of hydrogen-bond donors (Lipinski definition) is 0. The zero-order valence-electron chi connectivity index (χ0n) is 8.13. The third-order valence-electron chi connectivity index (χ3n) is 2.41. The Hall–Kier alpha value is -0.240. The number of thioether (sulfide) groups is 1. The van der Waals surface area contributed by atoms with E-state index in [0.717, 1.165) is 17.4 Å². The zero-order valence-corrected chi connectivity index (χ0v) is 8.94. The van der Waals surface area contributed by atoms with Gasteiger partial charge in [-0.15, -0.1) is 6.58 Å². The molecule has 0 amide bonds. The van der Waals surface area contributed by atoms with Crippen molar-refractivity contribution in [2.45, 2.75) is 43.8 Å². The molecule has 0 unspecified atom stereocenters. The van der Waals surface area contributed by atoms with E-state index >= 15 is 0 Å². The van der Waals surface area contributed by atoms with Gasteiger partial charge in [0.25, 0.3) is 0 Å². The minimum Gasteiger partial charge on any atom is -0.299 e. The van der Waals surface area contributed by atoms with Gasteiger partial charge in [-0.3, -0.25) is 4.79 Å². The van der Waals surface area contributed by atoms with E-state index in [1.54, 1.807) is 0 Å². The van der Waals surface area contributed by atoms with Gasteiger partial charge in [-0.2, -0.15) is 11.8 Å². The maximum Gasteiger partial charge on any atom is 0.143 e. The second kappa shape index (κ2) is 6.25. The number of allylic oxidation sites excluding steroid dienone is 1. The van der Waals surface area contributed by atoms with Gasteiger partial charge in [-0.25, -0.2) is 0 Å². The quantitative estimate of drug-likeness (QED) is 0.610. The maximum atomic E-state index is 11.3. The molecule has 0 atom stereocenters. The SMILES string of the molecule is C=CCCC(=O)CSC1CCCC1. The highest BCUT2D eigenvalue weighted by Crippen LogP contribution is 2.29. The molecule has 0 N–H and O–H groups in total. The summed E-state index contributed by atoms with van der Waals surface area (Å²) in [4.78, 5) is 11.3. The van der Waals surface area contributed by atoms with Crippen LogP contribution >= 0.6 is 11.8 Å². The lowest BCUT2D eigenvalue weighted by molar-refractivity contribution is -0.116. The van der Waals surface area contributed by atoms with Crippen molar-refractivity contribution in [2.24, 2.45) is 0 Å². The fourth-order valence-electron chi connectivity index (χ4n) is 1.60. The molecule has 2 heteroatoms. The van der Waals surface area contributed by atoms with Crippen molar-refractivity contribution < 1.29 is 4.79 Å². The van der Waals surface area contributed by atoms with Gasteiger partial charge in [0.2, 0.25) is 0 Å². The molecule has 0 heterocycles. The van der Waals surface area contributed by atoms with Gasteiger partial charge >= 0.3 is 0 Å². The van der Waals surface area contributed by atoms with Crippen molar-refractivity contribution in [3.8, 4) is 0 Å². The number of Topliss-reactive ketones (excluding diaryl/α,β-unsaturated/α-hetero) is 1. The van der Waals surface area contributed by atoms with Crippen molar-refractivity contribution in [1.29, 1.82) is 0 Å². The first-order valence-electron chi connectivity index (χ1n) is 5.07. The lowest BCUT2D eigenvalue weighted by atomic mass is 10.2. The Morgan fingerprint density at radius 3 is 2.77 bits per heavy atom. The van der Waals surface area contributed by atoms with Crippen molar-refractivity contribution in [3.63, 3.8) is 0 Å². The predicted octanol–water partition coefficient (Wildman–Crippen LogP) is 3.20. The number of ketones is 1. The van der Waals surface area contributed by atoms with Crippen molar-refractivity contribution >= 4 is 17.5 Å². The Labute approximate surface area is 85.0 Å². The first-order valence-corrected chi connectivity index (χ1v) is 6.12. The minimum atomic E-state index is 0.386. The van der Waals surface area contributed by atoms with E-state index in [4.69, 9.17) is 0 Å². The summed E-state index contributed by atoms with van der Waals surface area (Å²) in [7, 11) is 0. The van der Waals surface area contributed by atoms with E-state index in [2.05, 4.69) is 6.58 Å². The topological polar surface area (TPSA) is 17.1 Å². The monoisotopic (exact) mass is 198 g/mol. The van der Waals surface area contributed by atoms with Crippen LogP contribution in [0.4, 0.5) is 0 Å². The third kappa shape index (κ3) is 4.51. The molecule has 1 aliphatic rings. The number of carbonyl (C=O) groups is 1. The Kier molecular flexibility index (Phi) is 5.21. The first-order chi connectivity index (χ1) is 6.33. The van der Waals surface area contributed by atoms with Crippen molar-refractivity contribution in [3.05, 3.63) is 12.7 Å². The van der Waals surface area contributed by atoms with Gasteiger partial charge in [-0.05, 0) is 19.3 Å². The Bertz CT molecular complexity index is 171. The van der Waals surface area contributed by atoms with Gasteiger partial charge < -0.3 is 0 Å². The molecule has 0 aromatic rings. The van der Waals surface area contributed by atoms with Crippen LogP contribution in [0.25, 0.3) is 0 Å². The molecule has 1 saturated carbocycles. The molecule has 1 fully saturated rings. The predicted molar refractivity (Wildman–Crippen MR) is 59.2 cm³/mol. The zero-order chi connectivity index (χ0) is 9.52. The van der Waals surface area contributed by atoms with Crippen LogP contribution in [0.1, 0.15) is 38.5 Å². The average molecular weight is 198 g/mol. The van der Waals surface area contributed by atoms with Crippen LogP contribution in [0.3, 0.4) is 0 Å². The molecule has 0 aromatic heterocycles. The van der Waals surface area contributed by atoms with Gasteiger partial charge in [0.15, 0.2) is 0 Å².